The molecule has 0 radical (unpaired) electrons. The number of nitrogens with zero attached hydrogens (tertiary/aromatic N) is 4. The zero-order valence-electron chi connectivity index (χ0n) is 15.9. The second-order valence-corrected chi connectivity index (χ2v) is 7.80. The molecule has 0 spiro atoms. The Morgan fingerprint density at radius 1 is 1.31 bits per heavy atom. The first-order valence-electron chi connectivity index (χ1n) is 9.21. The molecule has 29 heavy (non-hydrogen) atoms. The van der Waals surface area contributed by atoms with Gasteiger partial charge in [-0.2, -0.15) is 5.26 Å². The third-order valence-electron chi connectivity index (χ3n) is 5.01. The summed E-state index contributed by atoms with van der Waals surface area (Å²) in [5.41, 5.74) is 1.17. The van der Waals surface area contributed by atoms with E-state index in [1.807, 2.05) is 6.07 Å². The molecule has 0 saturated carbocycles. The van der Waals surface area contributed by atoms with E-state index in [1.54, 1.807) is 36.4 Å². The van der Waals surface area contributed by atoms with E-state index in [0.717, 1.165) is 10.5 Å². The number of piperazine rings is 1. The Morgan fingerprint density at radius 3 is 2.83 bits per heavy atom. The standard InChI is InChI=1S/C21H19FN4O2S/c1-28-13-15-19-16(22)3-2-4-17(19)29-20(15)21(27)26-9-7-25(8-10-26)18-11-14(12-23)5-6-24-18/h2-6,11H,7-10,13H2,1H3. The van der Waals surface area contributed by atoms with Gasteiger partial charge in [0.1, 0.15) is 11.6 Å². The fourth-order valence-electron chi connectivity index (χ4n) is 3.57. The minimum atomic E-state index is -0.335. The second-order valence-electron chi connectivity index (χ2n) is 6.75. The Morgan fingerprint density at radius 2 is 2.10 bits per heavy atom. The van der Waals surface area contributed by atoms with E-state index < -0.39 is 0 Å². The molecule has 0 atom stereocenters. The molecule has 4 rings (SSSR count). The van der Waals surface area contributed by atoms with Gasteiger partial charge in [-0.15, -0.1) is 11.3 Å². The van der Waals surface area contributed by atoms with E-state index in [9.17, 15) is 9.18 Å². The topological polar surface area (TPSA) is 69.5 Å². The van der Waals surface area contributed by atoms with Gasteiger partial charge in [0.05, 0.1) is 23.1 Å². The van der Waals surface area contributed by atoms with Gasteiger partial charge in [0.15, 0.2) is 0 Å². The van der Waals surface area contributed by atoms with Crippen LogP contribution in [-0.2, 0) is 11.3 Å². The van der Waals surface area contributed by atoms with E-state index in [1.165, 1.54) is 17.4 Å². The number of thiophene rings is 1. The number of aromatic nitrogens is 1. The number of carbonyl (C=O) groups is 1. The van der Waals surface area contributed by atoms with Crippen molar-refractivity contribution in [2.75, 3.05) is 38.2 Å². The first-order chi connectivity index (χ1) is 14.1. The number of hydrogen-bond donors (Lipinski definition) is 0. The van der Waals surface area contributed by atoms with Crippen LogP contribution in [0.1, 0.15) is 20.8 Å². The van der Waals surface area contributed by atoms with Crippen molar-refractivity contribution in [2.24, 2.45) is 0 Å². The molecule has 0 bridgehead atoms. The van der Waals surface area contributed by atoms with Gasteiger partial charge in [-0.05, 0) is 24.3 Å². The fraction of sp³-hybridized carbons (Fsp3) is 0.286. The van der Waals surface area contributed by atoms with Gasteiger partial charge in [-0.25, -0.2) is 9.37 Å². The van der Waals surface area contributed by atoms with Gasteiger partial charge in [-0.1, -0.05) is 6.07 Å². The van der Waals surface area contributed by atoms with Crippen LogP contribution >= 0.6 is 11.3 Å². The number of amides is 1. The molecule has 2 aromatic heterocycles. The van der Waals surface area contributed by atoms with Crippen molar-refractivity contribution >= 4 is 33.1 Å². The molecule has 0 unspecified atom stereocenters. The molecule has 1 aliphatic rings. The summed E-state index contributed by atoms with van der Waals surface area (Å²) in [6, 6.07) is 10.4. The van der Waals surface area contributed by atoms with Crippen LogP contribution in [0, 0.1) is 17.1 Å². The summed E-state index contributed by atoms with van der Waals surface area (Å²) in [6.45, 7) is 2.48. The summed E-state index contributed by atoms with van der Waals surface area (Å²) < 4.78 is 20.4. The molecule has 148 valence electrons. The molecule has 1 aliphatic heterocycles. The number of rotatable bonds is 4. The molecular weight excluding hydrogens is 391 g/mol. The highest BCUT2D eigenvalue weighted by Gasteiger charge is 2.27. The number of methoxy groups -OCH3 is 1. The molecule has 3 aromatic rings. The van der Waals surface area contributed by atoms with Crippen LogP contribution in [-0.4, -0.2) is 49.1 Å². The summed E-state index contributed by atoms with van der Waals surface area (Å²) >= 11 is 1.31. The maximum Gasteiger partial charge on any atom is 0.264 e. The lowest BCUT2D eigenvalue weighted by atomic mass is 10.1. The van der Waals surface area contributed by atoms with Crippen molar-refractivity contribution < 1.29 is 13.9 Å². The third kappa shape index (κ3) is 3.67. The van der Waals surface area contributed by atoms with Gasteiger partial charge in [0, 0.05) is 55.1 Å². The number of fused-ring (bicyclic) bond motifs is 1. The van der Waals surface area contributed by atoms with Gasteiger partial charge >= 0.3 is 0 Å². The first-order valence-corrected chi connectivity index (χ1v) is 10.0. The average molecular weight is 410 g/mol. The normalized spacial score (nSPS) is 14.2. The van der Waals surface area contributed by atoms with E-state index in [2.05, 4.69) is 16.0 Å². The zero-order valence-corrected chi connectivity index (χ0v) is 16.7. The Balaban J connectivity index is 1.55. The van der Waals surface area contributed by atoms with E-state index >= 15 is 0 Å². The van der Waals surface area contributed by atoms with Crippen molar-refractivity contribution in [3.63, 3.8) is 0 Å². The highest BCUT2D eigenvalue weighted by Crippen LogP contribution is 2.34. The SMILES string of the molecule is COCc1c(C(=O)N2CCN(c3cc(C#N)ccn3)CC2)sc2cccc(F)c12. The number of ether oxygens (including phenoxy) is 1. The minimum absolute atomic E-state index is 0.101. The maximum absolute atomic E-state index is 14.4. The summed E-state index contributed by atoms with van der Waals surface area (Å²) in [6.07, 6.45) is 1.62. The number of carbonyl (C=O) groups excluding carboxylic acids is 1. The Kier molecular flexibility index (Phi) is 5.43. The van der Waals surface area contributed by atoms with Crippen molar-refractivity contribution in [2.45, 2.75) is 6.61 Å². The molecule has 1 fully saturated rings. The molecule has 1 amide bonds. The lowest BCUT2D eigenvalue weighted by Crippen LogP contribution is -2.49. The predicted octanol–water partition coefficient (Wildman–Crippen LogP) is 3.42. The van der Waals surface area contributed by atoms with Crippen molar-refractivity contribution in [1.82, 2.24) is 9.88 Å². The summed E-state index contributed by atoms with van der Waals surface area (Å²) in [7, 11) is 1.54. The van der Waals surface area contributed by atoms with E-state index in [-0.39, 0.29) is 18.3 Å². The summed E-state index contributed by atoms with van der Waals surface area (Å²) in [5.74, 6) is 0.300. The molecule has 1 saturated heterocycles. The smallest absolute Gasteiger partial charge is 0.264 e. The molecule has 1 aromatic carbocycles. The second kappa shape index (κ2) is 8.15. The predicted molar refractivity (Wildman–Crippen MR) is 110 cm³/mol. The van der Waals surface area contributed by atoms with Crippen LogP contribution in [0.4, 0.5) is 10.2 Å². The van der Waals surface area contributed by atoms with Crippen LogP contribution in [0.3, 0.4) is 0 Å². The monoisotopic (exact) mass is 410 g/mol. The quantitative estimate of drug-likeness (QED) is 0.659. The zero-order chi connectivity index (χ0) is 20.4. The van der Waals surface area contributed by atoms with Crippen LogP contribution in [0.25, 0.3) is 10.1 Å². The van der Waals surface area contributed by atoms with Gasteiger partial charge in [0.25, 0.3) is 5.91 Å². The number of halogens is 1. The van der Waals surface area contributed by atoms with E-state index in [0.29, 0.717) is 47.6 Å². The van der Waals surface area contributed by atoms with Crippen molar-refractivity contribution in [1.29, 1.82) is 5.26 Å². The summed E-state index contributed by atoms with van der Waals surface area (Å²) in [5, 5.41) is 9.54. The molecule has 6 nitrogen and oxygen atoms in total. The lowest BCUT2D eigenvalue weighted by molar-refractivity contribution is 0.0747. The Bertz CT molecular complexity index is 1100. The molecule has 3 heterocycles. The number of nitriles is 1. The lowest BCUT2D eigenvalue weighted by Gasteiger charge is -2.35. The number of benzene rings is 1. The molecule has 0 aliphatic carbocycles. The average Bonchev–Trinajstić information content (AvgIpc) is 3.13. The van der Waals surface area contributed by atoms with Crippen LogP contribution in [0.5, 0.6) is 0 Å². The van der Waals surface area contributed by atoms with Crippen LogP contribution < -0.4 is 4.90 Å². The number of anilines is 1. The van der Waals surface area contributed by atoms with Gasteiger partial charge in [0.2, 0.25) is 0 Å². The van der Waals surface area contributed by atoms with Crippen molar-refractivity contribution in [3.8, 4) is 6.07 Å². The maximum atomic E-state index is 14.4. The van der Waals surface area contributed by atoms with Gasteiger partial charge < -0.3 is 14.5 Å². The number of pyridine rings is 1. The largest absolute Gasteiger partial charge is 0.380 e. The van der Waals surface area contributed by atoms with E-state index in [4.69, 9.17) is 10.00 Å². The highest BCUT2D eigenvalue weighted by molar-refractivity contribution is 7.21. The van der Waals surface area contributed by atoms with Gasteiger partial charge in [-0.3, -0.25) is 4.79 Å². The fourth-order valence-corrected chi connectivity index (χ4v) is 4.76. The minimum Gasteiger partial charge on any atom is -0.380 e. The van der Waals surface area contributed by atoms with Crippen molar-refractivity contribution in [3.05, 3.63) is 58.3 Å². The molecule has 0 N–H and O–H groups in total. The third-order valence-corrected chi connectivity index (χ3v) is 6.20. The summed E-state index contributed by atoms with van der Waals surface area (Å²) in [4.78, 5) is 21.9. The Labute approximate surface area is 171 Å². The first kappa shape index (κ1) is 19.3. The highest BCUT2D eigenvalue weighted by atomic mass is 32.1. The molecule has 8 heteroatoms. The Hall–Kier alpha value is -3.02. The van der Waals surface area contributed by atoms with Crippen LogP contribution in [0.15, 0.2) is 36.5 Å². The molecular formula is C21H19FN4O2S. The van der Waals surface area contributed by atoms with Crippen LogP contribution in [0.2, 0.25) is 0 Å². The number of hydrogen-bond acceptors (Lipinski definition) is 6.